The van der Waals surface area contributed by atoms with E-state index in [4.69, 9.17) is 4.74 Å². The second kappa shape index (κ2) is 9.85. The molecule has 21 heavy (non-hydrogen) atoms. The van der Waals surface area contributed by atoms with Crippen LogP contribution in [0.3, 0.4) is 0 Å². The van der Waals surface area contributed by atoms with Crippen LogP contribution in [0.5, 0.6) is 0 Å². The van der Waals surface area contributed by atoms with Crippen molar-refractivity contribution in [1.82, 2.24) is 5.32 Å². The van der Waals surface area contributed by atoms with E-state index in [1.807, 2.05) is 0 Å². The standard InChI is InChI=1S/C17H27F2NO/c1-4-9-20-16(11-21-12-17(18)19)15-7-5-14(6-8-15)10-13(2)3/h5-8,13,16-17,20H,4,9-12H2,1-3H3. The van der Waals surface area contributed by atoms with Crippen LogP contribution in [0.4, 0.5) is 8.78 Å². The highest BCUT2D eigenvalue weighted by Gasteiger charge is 2.12. The topological polar surface area (TPSA) is 21.3 Å². The fourth-order valence-corrected chi connectivity index (χ4v) is 2.22. The summed E-state index contributed by atoms with van der Waals surface area (Å²) >= 11 is 0. The molecule has 0 saturated heterocycles. The van der Waals surface area contributed by atoms with Crippen LogP contribution in [0.2, 0.25) is 0 Å². The highest BCUT2D eigenvalue weighted by atomic mass is 19.3. The molecule has 1 unspecified atom stereocenters. The number of alkyl halides is 2. The van der Waals surface area contributed by atoms with E-state index in [1.165, 1.54) is 5.56 Å². The van der Waals surface area contributed by atoms with Crippen molar-refractivity contribution >= 4 is 0 Å². The average Bonchev–Trinajstić information content (AvgIpc) is 2.42. The molecule has 1 aromatic rings. The minimum atomic E-state index is -2.41. The first-order valence-electron chi connectivity index (χ1n) is 7.71. The summed E-state index contributed by atoms with van der Waals surface area (Å²) in [4.78, 5) is 0. The zero-order chi connectivity index (χ0) is 15.7. The molecule has 0 heterocycles. The van der Waals surface area contributed by atoms with Gasteiger partial charge in [0.25, 0.3) is 6.43 Å². The van der Waals surface area contributed by atoms with Crippen LogP contribution in [-0.4, -0.2) is 26.2 Å². The number of benzene rings is 1. The minimum absolute atomic E-state index is 0.0307. The fraction of sp³-hybridized carbons (Fsp3) is 0.647. The van der Waals surface area contributed by atoms with Crippen molar-refractivity contribution in [3.8, 4) is 0 Å². The largest absolute Gasteiger partial charge is 0.374 e. The third-order valence-electron chi connectivity index (χ3n) is 3.20. The third-order valence-corrected chi connectivity index (χ3v) is 3.20. The molecule has 0 aliphatic carbocycles. The van der Waals surface area contributed by atoms with Gasteiger partial charge in [-0.3, -0.25) is 0 Å². The molecule has 0 bridgehead atoms. The highest BCUT2D eigenvalue weighted by Crippen LogP contribution is 2.17. The molecule has 1 atom stereocenters. The molecule has 0 aliphatic rings. The normalized spacial score (nSPS) is 13.1. The lowest BCUT2D eigenvalue weighted by Crippen LogP contribution is -2.27. The zero-order valence-electron chi connectivity index (χ0n) is 13.2. The molecule has 120 valence electrons. The van der Waals surface area contributed by atoms with Gasteiger partial charge in [-0.1, -0.05) is 45.0 Å². The SMILES string of the molecule is CCCNC(COCC(F)F)c1ccc(CC(C)C)cc1. The maximum Gasteiger partial charge on any atom is 0.261 e. The molecule has 0 aromatic heterocycles. The molecule has 0 spiro atoms. The Morgan fingerprint density at radius 1 is 1.10 bits per heavy atom. The second-order valence-electron chi connectivity index (χ2n) is 5.77. The Morgan fingerprint density at radius 2 is 1.76 bits per heavy atom. The summed E-state index contributed by atoms with van der Waals surface area (Å²) in [6.45, 7) is 7.07. The molecule has 0 radical (unpaired) electrons. The third kappa shape index (κ3) is 7.53. The number of rotatable bonds is 10. The van der Waals surface area contributed by atoms with E-state index in [1.54, 1.807) is 0 Å². The Balaban J connectivity index is 2.63. The van der Waals surface area contributed by atoms with Crippen LogP contribution >= 0.6 is 0 Å². The Labute approximate surface area is 126 Å². The van der Waals surface area contributed by atoms with Gasteiger partial charge in [0.15, 0.2) is 0 Å². The number of hydrogen-bond acceptors (Lipinski definition) is 2. The van der Waals surface area contributed by atoms with Gasteiger partial charge in [-0.2, -0.15) is 0 Å². The van der Waals surface area contributed by atoms with Gasteiger partial charge < -0.3 is 10.1 Å². The monoisotopic (exact) mass is 299 g/mol. The molecular weight excluding hydrogens is 272 g/mol. The van der Waals surface area contributed by atoms with Gasteiger partial charge in [0, 0.05) is 0 Å². The summed E-state index contributed by atoms with van der Waals surface area (Å²) < 4.78 is 29.4. The number of hydrogen-bond donors (Lipinski definition) is 1. The van der Waals surface area contributed by atoms with Gasteiger partial charge >= 0.3 is 0 Å². The van der Waals surface area contributed by atoms with Crippen molar-refractivity contribution in [3.05, 3.63) is 35.4 Å². The Kier molecular flexibility index (Phi) is 8.47. The molecule has 0 amide bonds. The maximum absolute atomic E-state index is 12.2. The van der Waals surface area contributed by atoms with E-state index in [2.05, 4.69) is 50.4 Å². The van der Waals surface area contributed by atoms with Crippen molar-refractivity contribution < 1.29 is 13.5 Å². The lowest BCUT2D eigenvalue weighted by molar-refractivity contribution is 0.00921. The molecule has 2 nitrogen and oxygen atoms in total. The number of halogens is 2. The van der Waals surface area contributed by atoms with Gasteiger partial charge in [-0.05, 0) is 36.4 Å². The first kappa shape index (κ1) is 18.1. The summed E-state index contributed by atoms with van der Waals surface area (Å²) in [6.07, 6.45) is -0.364. The van der Waals surface area contributed by atoms with E-state index in [0.29, 0.717) is 5.92 Å². The Bertz CT molecular complexity index is 379. The lowest BCUT2D eigenvalue weighted by atomic mass is 9.99. The van der Waals surface area contributed by atoms with Crippen LogP contribution < -0.4 is 5.32 Å². The highest BCUT2D eigenvalue weighted by molar-refractivity contribution is 5.25. The smallest absolute Gasteiger partial charge is 0.261 e. The first-order valence-corrected chi connectivity index (χ1v) is 7.71. The summed E-state index contributed by atoms with van der Waals surface area (Å²) in [7, 11) is 0. The second-order valence-corrected chi connectivity index (χ2v) is 5.77. The summed E-state index contributed by atoms with van der Waals surface area (Å²) in [5, 5.41) is 3.35. The molecular formula is C17H27F2NO. The Hall–Kier alpha value is -1.00. The van der Waals surface area contributed by atoms with Crippen LogP contribution in [0, 0.1) is 5.92 Å². The summed E-state index contributed by atoms with van der Waals surface area (Å²) in [6, 6.07) is 8.33. The van der Waals surface area contributed by atoms with E-state index >= 15 is 0 Å². The van der Waals surface area contributed by atoms with E-state index in [-0.39, 0.29) is 12.6 Å². The summed E-state index contributed by atoms with van der Waals surface area (Å²) in [5.74, 6) is 0.624. The maximum atomic E-state index is 12.2. The number of nitrogens with one attached hydrogen (secondary N) is 1. The molecule has 0 fully saturated rings. The molecule has 1 aromatic carbocycles. The number of ether oxygens (including phenoxy) is 1. The molecule has 1 N–H and O–H groups in total. The van der Waals surface area contributed by atoms with E-state index in [9.17, 15) is 8.78 Å². The molecule has 0 aliphatic heterocycles. The van der Waals surface area contributed by atoms with Gasteiger partial charge in [0.1, 0.15) is 6.61 Å². The predicted octanol–water partition coefficient (Wildman–Crippen LogP) is 4.21. The molecule has 4 heteroatoms. The van der Waals surface area contributed by atoms with E-state index in [0.717, 1.165) is 24.9 Å². The van der Waals surface area contributed by atoms with Crippen molar-refractivity contribution in [2.45, 2.75) is 46.1 Å². The average molecular weight is 299 g/mol. The van der Waals surface area contributed by atoms with Gasteiger partial charge in [0.05, 0.1) is 12.6 Å². The lowest BCUT2D eigenvalue weighted by Gasteiger charge is -2.19. The van der Waals surface area contributed by atoms with Crippen LogP contribution in [-0.2, 0) is 11.2 Å². The van der Waals surface area contributed by atoms with Crippen molar-refractivity contribution in [2.75, 3.05) is 19.8 Å². The minimum Gasteiger partial charge on any atom is -0.374 e. The first-order chi connectivity index (χ1) is 10.0. The fourth-order valence-electron chi connectivity index (χ4n) is 2.22. The van der Waals surface area contributed by atoms with Crippen LogP contribution in [0.1, 0.15) is 44.4 Å². The van der Waals surface area contributed by atoms with Gasteiger partial charge in [-0.15, -0.1) is 0 Å². The molecule has 0 saturated carbocycles. The van der Waals surface area contributed by atoms with Crippen LogP contribution in [0.25, 0.3) is 0 Å². The van der Waals surface area contributed by atoms with Crippen LogP contribution in [0.15, 0.2) is 24.3 Å². The van der Waals surface area contributed by atoms with Crippen molar-refractivity contribution in [3.63, 3.8) is 0 Å². The van der Waals surface area contributed by atoms with Gasteiger partial charge in [0.2, 0.25) is 0 Å². The van der Waals surface area contributed by atoms with Crippen molar-refractivity contribution in [2.24, 2.45) is 5.92 Å². The van der Waals surface area contributed by atoms with Gasteiger partial charge in [-0.25, -0.2) is 8.78 Å². The predicted molar refractivity (Wildman–Crippen MR) is 82.8 cm³/mol. The quantitative estimate of drug-likeness (QED) is 0.699. The van der Waals surface area contributed by atoms with E-state index < -0.39 is 13.0 Å². The molecule has 1 rings (SSSR count). The Morgan fingerprint density at radius 3 is 2.29 bits per heavy atom. The zero-order valence-corrected chi connectivity index (χ0v) is 13.2. The summed E-state index contributed by atoms with van der Waals surface area (Å²) in [5.41, 5.74) is 2.39. The van der Waals surface area contributed by atoms with Crippen molar-refractivity contribution in [1.29, 1.82) is 0 Å².